The quantitative estimate of drug-likeness (QED) is 0.841. The van der Waals surface area contributed by atoms with Gasteiger partial charge in [-0.15, -0.1) is 0 Å². The molecule has 1 aliphatic rings. The highest BCUT2D eigenvalue weighted by molar-refractivity contribution is 5.89. The van der Waals surface area contributed by atoms with Crippen molar-refractivity contribution in [1.82, 2.24) is 9.88 Å². The van der Waals surface area contributed by atoms with Crippen LogP contribution in [0, 0.1) is 0 Å². The third-order valence-electron chi connectivity index (χ3n) is 4.85. The minimum Gasteiger partial charge on any atom is -0.465 e. The monoisotopic (exact) mass is 344 g/mol. The van der Waals surface area contributed by atoms with Crippen LogP contribution in [-0.2, 0) is 11.3 Å². The van der Waals surface area contributed by atoms with Crippen molar-refractivity contribution in [1.29, 1.82) is 0 Å². The molecule has 2 heterocycles. The fourth-order valence-corrected chi connectivity index (χ4v) is 3.39. The zero-order valence-corrected chi connectivity index (χ0v) is 14.6. The number of likely N-dealkylation sites (tertiary alicyclic amines) is 1. The van der Waals surface area contributed by atoms with Gasteiger partial charge in [0.05, 0.1) is 25.0 Å². The number of benzene rings is 1. The number of aromatic nitrogens is 1. The van der Waals surface area contributed by atoms with Crippen molar-refractivity contribution in [2.45, 2.75) is 44.8 Å². The topological polar surface area (TPSA) is 75.8 Å². The van der Waals surface area contributed by atoms with Crippen LogP contribution >= 0.6 is 0 Å². The summed E-state index contributed by atoms with van der Waals surface area (Å²) in [5.74, 6) is 0.158. The van der Waals surface area contributed by atoms with Gasteiger partial charge in [-0.2, -0.15) is 0 Å². The molecule has 25 heavy (non-hydrogen) atoms. The summed E-state index contributed by atoms with van der Waals surface area (Å²) >= 11 is 0. The van der Waals surface area contributed by atoms with Crippen LogP contribution in [0.15, 0.2) is 34.9 Å². The molecule has 3 rings (SSSR count). The van der Waals surface area contributed by atoms with Crippen LogP contribution in [0.2, 0.25) is 0 Å². The van der Waals surface area contributed by atoms with Crippen LogP contribution in [0.4, 0.5) is 0 Å². The van der Waals surface area contributed by atoms with Crippen molar-refractivity contribution in [3.8, 4) is 11.5 Å². The first-order valence-corrected chi connectivity index (χ1v) is 8.62. The van der Waals surface area contributed by atoms with Crippen molar-refractivity contribution >= 4 is 5.97 Å². The number of rotatable bonds is 5. The molecule has 1 aromatic heterocycles. The number of carbonyl (C=O) groups is 1. The van der Waals surface area contributed by atoms with E-state index >= 15 is 0 Å². The standard InChI is InChI=1S/C19H24N2O4/c1-13-4-3-5-17(11-22)21(13)10-16-12-25-18(20-16)14-6-8-15(9-7-14)19(23)24-2/h6-9,12-13,17,22H,3-5,10-11H2,1-2H3/t13-,17+/m0/s1. The van der Waals surface area contributed by atoms with E-state index in [1.54, 1.807) is 30.5 Å². The number of piperidine rings is 1. The predicted molar refractivity (Wildman–Crippen MR) is 93.0 cm³/mol. The van der Waals surface area contributed by atoms with E-state index in [1.807, 2.05) is 0 Å². The minimum atomic E-state index is -0.367. The number of hydrogen-bond donors (Lipinski definition) is 1. The Kier molecular flexibility index (Phi) is 5.50. The maximum atomic E-state index is 11.5. The van der Waals surface area contributed by atoms with Crippen LogP contribution in [0.5, 0.6) is 0 Å². The first kappa shape index (κ1) is 17.6. The number of nitrogens with zero attached hydrogens (tertiary/aromatic N) is 2. The highest BCUT2D eigenvalue weighted by Gasteiger charge is 2.28. The van der Waals surface area contributed by atoms with Crippen molar-refractivity contribution < 1.29 is 19.1 Å². The van der Waals surface area contributed by atoms with Crippen LogP contribution < -0.4 is 0 Å². The first-order chi connectivity index (χ1) is 12.1. The van der Waals surface area contributed by atoms with Gasteiger partial charge >= 0.3 is 5.97 Å². The van der Waals surface area contributed by atoms with Gasteiger partial charge in [0, 0.05) is 24.2 Å². The zero-order chi connectivity index (χ0) is 17.8. The number of methoxy groups -OCH3 is 1. The molecule has 0 amide bonds. The molecule has 0 radical (unpaired) electrons. The molecule has 1 aliphatic heterocycles. The summed E-state index contributed by atoms with van der Waals surface area (Å²) in [6.45, 7) is 3.02. The van der Waals surface area contributed by atoms with Crippen molar-refractivity contribution in [2.75, 3.05) is 13.7 Å². The van der Waals surface area contributed by atoms with Gasteiger partial charge in [0.25, 0.3) is 0 Å². The zero-order valence-electron chi connectivity index (χ0n) is 14.6. The van der Waals surface area contributed by atoms with Gasteiger partial charge in [0.2, 0.25) is 5.89 Å². The summed E-state index contributed by atoms with van der Waals surface area (Å²) in [7, 11) is 1.36. The summed E-state index contributed by atoms with van der Waals surface area (Å²) < 4.78 is 10.3. The number of aliphatic hydroxyl groups excluding tert-OH is 1. The predicted octanol–water partition coefficient (Wildman–Crippen LogP) is 2.86. The van der Waals surface area contributed by atoms with E-state index in [9.17, 15) is 9.90 Å². The van der Waals surface area contributed by atoms with Gasteiger partial charge in [-0.05, 0) is 44.0 Å². The second-order valence-electron chi connectivity index (χ2n) is 6.50. The Labute approximate surface area is 147 Å². The molecular weight excluding hydrogens is 320 g/mol. The Hall–Kier alpha value is -2.18. The number of esters is 1. The third-order valence-corrected chi connectivity index (χ3v) is 4.85. The van der Waals surface area contributed by atoms with Crippen molar-refractivity contribution in [2.24, 2.45) is 0 Å². The Morgan fingerprint density at radius 1 is 1.36 bits per heavy atom. The minimum absolute atomic E-state index is 0.171. The molecule has 1 N–H and O–H groups in total. The van der Waals surface area contributed by atoms with Gasteiger partial charge in [-0.25, -0.2) is 9.78 Å². The largest absolute Gasteiger partial charge is 0.465 e. The fraction of sp³-hybridized carbons (Fsp3) is 0.474. The SMILES string of the molecule is COC(=O)c1ccc(-c2nc(CN3[C@@H](CO)CCC[C@@H]3C)co2)cc1. The van der Waals surface area contributed by atoms with Crippen LogP contribution in [0.1, 0.15) is 42.2 Å². The molecule has 0 spiro atoms. The van der Waals surface area contributed by atoms with Gasteiger partial charge in [-0.3, -0.25) is 4.90 Å². The van der Waals surface area contributed by atoms with Crippen LogP contribution in [0.3, 0.4) is 0 Å². The van der Waals surface area contributed by atoms with E-state index in [0.29, 0.717) is 24.0 Å². The maximum Gasteiger partial charge on any atom is 0.337 e. The Morgan fingerprint density at radius 3 is 2.80 bits per heavy atom. The lowest BCUT2D eigenvalue weighted by atomic mass is 9.97. The number of carbonyl (C=O) groups excluding carboxylic acids is 1. The van der Waals surface area contributed by atoms with E-state index < -0.39 is 0 Å². The average Bonchev–Trinajstić information content (AvgIpc) is 3.11. The molecule has 1 fully saturated rings. The number of ether oxygens (including phenoxy) is 1. The van der Waals surface area contributed by atoms with Crippen LogP contribution in [0.25, 0.3) is 11.5 Å². The van der Waals surface area contributed by atoms with E-state index in [0.717, 1.165) is 30.5 Å². The lowest BCUT2D eigenvalue weighted by Crippen LogP contribution is -2.46. The summed E-state index contributed by atoms with van der Waals surface area (Å²) in [5.41, 5.74) is 2.15. The third kappa shape index (κ3) is 3.91. The molecule has 1 aromatic carbocycles. The Bertz CT molecular complexity index is 710. The number of aliphatic hydroxyl groups is 1. The van der Waals surface area contributed by atoms with Crippen LogP contribution in [-0.4, -0.2) is 46.8 Å². The summed E-state index contributed by atoms with van der Waals surface area (Å²) in [5, 5.41) is 9.61. The summed E-state index contributed by atoms with van der Waals surface area (Å²) in [4.78, 5) is 18.4. The molecule has 1 saturated heterocycles. The van der Waals surface area contributed by atoms with E-state index in [2.05, 4.69) is 16.8 Å². The second kappa shape index (κ2) is 7.80. The summed E-state index contributed by atoms with van der Waals surface area (Å²) in [6.07, 6.45) is 4.97. The van der Waals surface area contributed by atoms with Crippen molar-refractivity contribution in [3.63, 3.8) is 0 Å². The molecule has 0 unspecified atom stereocenters. The average molecular weight is 344 g/mol. The highest BCUT2D eigenvalue weighted by atomic mass is 16.5. The smallest absolute Gasteiger partial charge is 0.337 e. The normalized spacial score (nSPS) is 21.2. The van der Waals surface area contributed by atoms with Gasteiger partial charge in [0.15, 0.2) is 0 Å². The highest BCUT2D eigenvalue weighted by Crippen LogP contribution is 2.26. The number of oxazole rings is 1. The summed E-state index contributed by atoms with van der Waals surface area (Å²) in [6, 6.07) is 7.58. The maximum absolute atomic E-state index is 11.5. The van der Waals surface area contributed by atoms with E-state index in [-0.39, 0.29) is 18.6 Å². The van der Waals surface area contributed by atoms with E-state index in [1.165, 1.54) is 7.11 Å². The Morgan fingerprint density at radius 2 is 2.12 bits per heavy atom. The molecule has 6 heteroatoms. The second-order valence-corrected chi connectivity index (χ2v) is 6.50. The lowest BCUT2D eigenvalue weighted by molar-refractivity contribution is 0.0442. The van der Waals surface area contributed by atoms with Gasteiger partial charge in [-0.1, -0.05) is 6.42 Å². The first-order valence-electron chi connectivity index (χ1n) is 8.62. The van der Waals surface area contributed by atoms with E-state index in [4.69, 9.17) is 9.15 Å². The lowest BCUT2D eigenvalue weighted by Gasteiger charge is -2.39. The van der Waals surface area contributed by atoms with Gasteiger partial charge < -0.3 is 14.3 Å². The molecule has 134 valence electrons. The molecular formula is C19H24N2O4. The molecule has 0 saturated carbocycles. The van der Waals surface area contributed by atoms with Crippen molar-refractivity contribution in [3.05, 3.63) is 41.8 Å². The van der Waals surface area contributed by atoms with Gasteiger partial charge in [0.1, 0.15) is 6.26 Å². The molecule has 2 atom stereocenters. The number of hydrogen-bond acceptors (Lipinski definition) is 6. The molecule has 0 aliphatic carbocycles. The molecule has 2 aromatic rings. The Balaban J connectivity index is 1.72. The fourth-order valence-electron chi connectivity index (χ4n) is 3.39. The molecule has 0 bridgehead atoms. The molecule has 6 nitrogen and oxygen atoms in total.